The largest absolute Gasteiger partial charge is 0.455 e. The molecule has 0 aliphatic rings. The molecular formula is C25H19NO. The van der Waals surface area contributed by atoms with Gasteiger partial charge in [0.1, 0.15) is 11.2 Å². The third kappa shape index (κ3) is 2.61. The van der Waals surface area contributed by atoms with Crippen LogP contribution >= 0.6 is 0 Å². The summed E-state index contributed by atoms with van der Waals surface area (Å²) in [5, 5.41) is 2.29. The molecule has 3 aromatic carbocycles. The van der Waals surface area contributed by atoms with Gasteiger partial charge in [-0.2, -0.15) is 0 Å². The minimum atomic E-state index is 0.898. The zero-order chi connectivity index (χ0) is 18.4. The van der Waals surface area contributed by atoms with E-state index in [4.69, 9.17) is 4.42 Å². The van der Waals surface area contributed by atoms with Crippen molar-refractivity contribution in [3.05, 3.63) is 90.1 Å². The van der Waals surface area contributed by atoms with Crippen LogP contribution in [-0.2, 0) is 0 Å². The first-order valence-electron chi connectivity index (χ1n) is 9.15. The molecule has 5 rings (SSSR count). The van der Waals surface area contributed by atoms with Crippen LogP contribution in [-0.4, -0.2) is 4.98 Å². The van der Waals surface area contributed by atoms with Gasteiger partial charge in [0.25, 0.3) is 0 Å². The Labute approximate surface area is 158 Å². The molecule has 130 valence electrons. The fraction of sp³-hybridized carbons (Fsp3) is 0.0800. The van der Waals surface area contributed by atoms with Crippen LogP contribution in [0.4, 0.5) is 0 Å². The van der Waals surface area contributed by atoms with Crippen molar-refractivity contribution in [3.8, 4) is 22.4 Å². The van der Waals surface area contributed by atoms with E-state index in [0.29, 0.717) is 0 Å². The maximum atomic E-state index is 6.29. The Bertz CT molecular complexity index is 1280. The Morgan fingerprint density at radius 1 is 0.704 bits per heavy atom. The second-order valence-electron chi connectivity index (χ2n) is 7.03. The van der Waals surface area contributed by atoms with Crippen molar-refractivity contribution in [2.24, 2.45) is 0 Å². The lowest BCUT2D eigenvalue weighted by Crippen LogP contribution is -1.86. The predicted molar refractivity (Wildman–Crippen MR) is 112 cm³/mol. The van der Waals surface area contributed by atoms with Gasteiger partial charge in [-0.15, -0.1) is 0 Å². The highest BCUT2D eigenvalue weighted by Gasteiger charge is 2.14. The van der Waals surface area contributed by atoms with Crippen LogP contribution < -0.4 is 0 Å². The summed E-state index contributed by atoms with van der Waals surface area (Å²) in [6.45, 7) is 4.19. The molecule has 2 nitrogen and oxygen atoms in total. The minimum Gasteiger partial charge on any atom is -0.455 e. The number of para-hydroxylation sites is 2. The molecule has 0 bridgehead atoms. The summed E-state index contributed by atoms with van der Waals surface area (Å²) in [5.74, 6) is 0. The Balaban J connectivity index is 1.72. The van der Waals surface area contributed by atoms with E-state index >= 15 is 0 Å². The first kappa shape index (κ1) is 15.8. The number of hydrogen-bond donors (Lipinski definition) is 0. The molecule has 0 unspecified atom stereocenters. The van der Waals surface area contributed by atoms with E-state index in [-0.39, 0.29) is 0 Å². The number of benzene rings is 3. The van der Waals surface area contributed by atoms with E-state index in [1.165, 1.54) is 11.1 Å². The number of aryl methyl sites for hydroxylation is 2. The van der Waals surface area contributed by atoms with Crippen molar-refractivity contribution in [1.82, 2.24) is 4.98 Å². The Kier molecular flexibility index (Phi) is 3.58. The van der Waals surface area contributed by atoms with Crippen LogP contribution in [0.15, 0.2) is 83.4 Å². The van der Waals surface area contributed by atoms with Crippen molar-refractivity contribution in [2.45, 2.75) is 13.8 Å². The number of aromatic nitrogens is 1. The zero-order valence-corrected chi connectivity index (χ0v) is 15.4. The lowest BCUT2D eigenvalue weighted by molar-refractivity contribution is 0.666. The van der Waals surface area contributed by atoms with Crippen LogP contribution in [0, 0.1) is 13.8 Å². The van der Waals surface area contributed by atoms with Gasteiger partial charge in [-0.05, 0) is 48.7 Å². The quantitative estimate of drug-likeness (QED) is 0.345. The first-order valence-corrected chi connectivity index (χ1v) is 9.15. The maximum Gasteiger partial charge on any atom is 0.144 e. The SMILES string of the molecule is Cc1ccc(-c2ccnc(-c3cccc4c3oc3c(C)cccc34)c2)cc1. The molecule has 2 heterocycles. The Hall–Kier alpha value is -3.39. The number of hydrogen-bond acceptors (Lipinski definition) is 2. The summed E-state index contributed by atoms with van der Waals surface area (Å²) < 4.78 is 6.29. The highest BCUT2D eigenvalue weighted by atomic mass is 16.3. The molecule has 27 heavy (non-hydrogen) atoms. The van der Waals surface area contributed by atoms with Crippen LogP contribution in [0.25, 0.3) is 44.3 Å². The number of furan rings is 1. The third-order valence-corrected chi connectivity index (χ3v) is 5.14. The standard InChI is InChI=1S/C25H19NO/c1-16-9-11-18(12-10-16)19-13-14-26-23(15-19)22-8-4-7-21-20-6-3-5-17(2)24(20)27-25(21)22/h3-15H,1-2H3. The molecule has 0 fully saturated rings. The zero-order valence-electron chi connectivity index (χ0n) is 15.4. The average molecular weight is 349 g/mol. The Morgan fingerprint density at radius 3 is 2.26 bits per heavy atom. The third-order valence-electron chi connectivity index (χ3n) is 5.14. The highest BCUT2D eigenvalue weighted by Crippen LogP contribution is 2.37. The van der Waals surface area contributed by atoms with E-state index in [1.54, 1.807) is 0 Å². The summed E-state index contributed by atoms with van der Waals surface area (Å²) in [6, 6.07) is 25.3. The van der Waals surface area contributed by atoms with Gasteiger partial charge < -0.3 is 4.42 Å². The molecular weight excluding hydrogens is 330 g/mol. The molecule has 2 heteroatoms. The van der Waals surface area contributed by atoms with E-state index in [0.717, 1.165) is 44.3 Å². The van der Waals surface area contributed by atoms with Crippen LogP contribution in [0.1, 0.15) is 11.1 Å². The van der Waals surface area contributed by atoms with Gasteiger partial charge in [-0.25, -0.2) is 0 Å². The molecule has 0 saturated heterocycles. The molecule has 0 radical (unpaired) electrons. The topological polar surface area (TPSA) is 26.0 Å². The van der Waals surface area contributed by atoms with Crippen molar-refractivity contribution in [1.29, 1.82) is 0 Å². The van der Waals surface area contributed by atoms with Crippen LogP contribution in [0.3, 0.4) is 0 Å². The van der Waals surface area contributed by atoms with Crippen molar-refractivity contribution < 1.29 is 4.42 Å². The van der Waals surface area contributed by atoms with Gasteiger partial charge in [-0.3, -0.25) is 4.98 Å². The highest BCUT2D eigenvalue weighted by molar-refractivity contribution is 6.10. The van der Waals surface area contributed by atoms with Crippen LogP contribution in [0.5, 0.6) is 0 Å². The molecule has 5 aromatic rings. The minimum absolute atomic E-state index is 0.898. The molecule has 0 aliphatic heterocycles. The van der Waals surface area contributed by atoms with Gasteiger partial charge in [0.15, 0.2) is 0 Å². The molecule has 2 aromatic heterocycles. The van der Waals surface area contributed by atoms with E-state index in [1.807, 2.05) is 6.20 Å². The summed E-state index contributed by atoms with van der Waals surface area (Å²) in [7, 11) is 0. The van der Waals surface area contributed by atoms with Crippen molar-refractivity contribution in [2.75, 3.05) is 0 Å². The molecule has 0 atom stereocenters. The van der Waals surface area contributed by atoms with Gasteiger partial charge in [0.05, 0.1) is 5.69 Å². The molecule has 0 amide bonds. The lowest BCUT2D eigenvalue weighted by atomic mass is 10.0. The van der Waals surface area contributed by atoms with Gasteiger partial charge in [0.2, 0.25) is 0 Å². The second-order valence-corrected chi connectivity index (χ2v) is 7.03. The van der Waals surface area contributed by atoms with E-state index < -0.39 is 0 Å². The monoisotopic (exact) mass is 349 g/mol. The number of nitrogens with zero attached hydrogens (tertiary/aromatic N) is 1. The van der Waals surface area contributed by atoms with Crippen molar-refractivity contribution >= 4 is 21.9 Å². The maximum absolute atomic E-state index is 6.29. The summed E-state index contributed by atoms with van der Waals surface area (Å²) >= 11 is 0. The summed E-state index contributed by atoms with van der Waals surface area (Å²) in [5.41, 5.74) is 8.56. The lowest BCUT2D eigenvalue weighted by Gasteiger charge is -2.06. The van der Waals surface area contributed by atoms with E-state index in [2.05, 4.69) is 91.6 Å². The summed E-state index contributed by atoms with van der Waals surface area (Å²) in [6.07, 6.45) is 1.87. The molecule has 0 saturated carbocycles. The molecule has 0 N–H and O–H groups in total. The van der Waals surface area contributed by atoms with Gasteiger partial charge >= 0.3 is 0 Å². The average Bonchev–Trinajstić information content (AvgIpc) is 3.09. The normalized spacial score (nSPS) is 11.3. The van der Waals surface area contributed by atoms with Crippen LogP contribution in [0.2, 0.25) is 0 Å². The fourth-order valence-corrected chi connectivity index (χ4v) is 3.67. The number of pyridine rings is 1. The second kappa shape index (κ2) is 6.10. The number of fused-ring (bicyclic) bond motifs is 3. The Morgan fingerprint density at radius 2 is 1.44 bits per heavy atom. The molecule has 0 aliphatic carbocycles. The smallest absolute Gasteiger partial charge is 0.144 e. The summed E-state index contributed by atoms with van der Waals surface area (Å²) in [4.78, 5) is 4.64. The molecule has 0 spiro atoms. The van der Waals surface area contributed by atoms with Gasteiger partial charge in [0, 0.05) is 22.5 Å². The van der Waals surface area contributed by atoms with Gasteiger partial charge in [-0.1, -0.05) is 60.2 Å². The number of rotatable bonds is 2. The predicted octanol–water partition coefficient (Wildman–Crippen LogP) is 6.93. The first-order chi connectivity index (χ1) is 13.2. The van der Waals surface area contributed by atoms with Crippen molar-refractivity contribution in [3.63, 3.8) is 0 Å². The fourth-order valence-electron chi connectivity index (χ4n) is 3.67. The van der Waals surface area contributed by atoms with E-state index in [9.17, 15) is 0 Å².